The summed E-state index contributed by atoms with van der Waals surface area (Å²) >= 11 is 0. The van der Waals surface area contributed by atoms with Crippen LogP contribution in [0.4, 0.5) is 0 Å². The van der Waals surface area contributed by atoms with Crippen molar-refractivity contribution < 1.29 is 23.9 Å². The number of nitrogens with zero attached hydrogens (tertiary/aromatic N) is 2. The number of carbonyl (C=O) groups is 1. The van der Waals surface area contributed by atoms with E-state index < -0.39 is 5.97 Å². The predicted octanol–water partition coefficient (Wildman–Crippen LogP) is 1.09. The van der Waals surface area contributed by atoms with Crippen molar-refractivity contribution in [2.75, 3.05) is 6.79 Å². The lowest BCUT2D eigenvalue weighted by atomic mass is 10.2. The van der Waals surface area contributed by atoms with Crippen molar-refractivity contribution in [3.05, 3.63) is 24.1 Å². The third-order valence-electron chi connectivity index (χ3n) is 2.40. The molecule has 1 aromatic heterocycles. The molecule has 0 aliphatic carbocycles. The fourth-order valence-corrected chi connectivity index (χ4v) is 1.61. The number of fused-ring (bicyclic) bond motifs is 1. The van der Waals surface area contributed by atoms with Crippen molar-refractivity contribution in [1.82, 2.24) is 10.1 Å². The number of ether oxygens (including phenoxy) is 2. The van der Waals surface area contributed by atoms with Crippen molar-refractivity contribution >= 4 is 5.97 Å². The first kappa shape index (κ1) is 10.6. The Balaban J connectivity index is 1.90. The van der Waals surface area contributed by atoms with E-state index in [4.69, 9.17) is 19.1 Å². The van der Waals surface area contributed by atoms with Gasteiger partial charge in [0.15, 0.2) is 11.5 Å². The highest BCUT2D eigenvalue weighted by Gasteiger charge is 2.17. The Kier molecular flexibility index (Phi) is 2.36. The van der Waals surface area contributed by atoms with Gasteiger partial charge in [-0.2, -0.15) is 4.98 Å². The molecule has 2 aromatic rings. The summed E-state index contributed by atoms with van der Waals surface area (Å²) in [7, 11) is 0. The fourth-order valence-electron chi connectivity index (χ4n) is 1.61. The van der Waals surface area contributed by atoms with Gasteiger partial charge in [-0.1, -0.05) is 5.16 Å². The highest BCUT2D eigenvalue weighted by atomic mass is 16.7. The van der Waals surface area contributed by atoms with Crippen molar-refractivity contribution in [3.8, 4) is 22.9 Å². The summed E-state index contributed by atoms with van der Waals surface area (Å²) in [4.78, 5) is 14.5. The van der Waals surface area contributed by atoms with Crippen LogP contribution in [0.15, 0.2) is 22.7 Å². The standard InChI is InChI=1S/C11H8N2O5/c14-10(15)4-9-12-11(13-18-9)6-1-2-7-8(3-6)17-5-16-7/h1-3H,4-5H2,(H,14,15). The first-order valence-corrected chi connectivity index (χ1v) is 5.17. The van der Waals surface area contributed by atoms with Gasteiger partial charge in [0.1, 0.15) is 6.42 Å². The summed E-state index contributed by atoms with van der Waals surface area (Å²) in [5.74, 6) is 0.640. The number of carboxylic acid groups (broad SMARTS) is 1. The van der Waals surface area contributed by atoms with Gasteiger partial charge in [-0.3, -0.25) is 4.79 Å². The van der Waals surface area contributed by atoms with E-state index in [1.54, 1.807) is 18.2 Å². The third kappa shape index (κ3) is 1.86. The highest BCUT2D eigenvalue weighted by Crippen LogP contribution is 2.35. The second kappa shape index (κ2) is 4.02. The molecule has 1 aliphatic heterocycles. The molecule has 0 amide bonds. The van der Waals surface area contributed by atoms with E-state index in [-0.39, 0.29) is 19.1 Å². The van der Waals surface area contributed by atoms with E-state index in [0.29, 0.717) is 22.9 Å². The number of hydrogen-bond donors (Lipinski definition) is 1. The molecule has 0 saturated heterocycles. The van der Waals surface area contributed by atoms with Crippen LogP contribution in [0.1, 0.15) is 5.89 Å². The Labute approximate surface area is 101 Å². The molecule has 92 valence electrons. The largest absolute Gasteiger partial charge is 0.481 e. The van der Waals surface area contributed by atoms with Crippen molar-refractivity contribution in [1.29, 1.82) is 0 Å². The molecule has 0 unspecified atom stereocenters. The van der Waals surface area contributed by atoms with Crippen molar-refractivity contribution in [2.24, 2.45) is 0 Å². The first-order chi connectivity index (χ1) is 8.72. The zero-order chi connectivity index (χ0) is 12.5. The van der Waals surface area contributed by atoms with Crippen molar-refractivity contribution in [3.63, 3.8) is 0 Å². The monoisotopic (exact) mass is 248 g/mol. The molecule has 0 saturated carbocycles. The minimum Gasteiger partial charge on any atom is -0.481 e. The third-order valence-corrected chi connectivity index (χ3v) is 2.40. The summed E-state index contributed by atoms with van der Waals surface area (Å²) in [5.41, 5.74) is 0.680. The Morgan fingerprint density at radius 1 is 1.33 bits per heavy atom. The minimum absolute atomic E-state index is 0.0650. The van der Waals surface area contributed by atoms with Crippen LogP contribution in [0, 0.1) is 0 Å². The molecule has 7 nitrogen and oxygen atoms in total. The molecular weight excluding hydrogens is 240 g/mol. The molecule has 1 aliphatic rings. The summed E-state index contributed by atoms with van der Waals surface area (Å²) < 4.78 is 15.2. The minimum atomic E-state index is -1.02. The summed E-state index contributed by atoms with van der Waals surface area (Å²) in [6, 6.07) is 5.21. The molecular formula is C11H8N2O5. The Morgan fingerprint density at radius 2 is 2.17 bits per heavy atom. The quantitative estimate of drug-likeness (QED) is 0.868. The van der Waals surface area contributed by atoms with E-state index in [2.05, 4.69) is 10.1 Å². The van der Waals surface area contributed by atoms with Crippen LogP contribution in [0.25, 0.3) is 11.4 Å². The summed E-state index contributed by atoms with van der Waals surface area (Å²) in [6.07, 6.45) is -0.294. The van der Waals surface area contributed by atoms with Crippen LogP contribution in [-0.2, 0) is 11.2 Å². The predicted molar refractivity (Wildman–Crippen MR) is 57.2 cm³/mol. The van der Waals surface area contributed by atoms with Gasteiger partial charge < -0.3 is 19.1 Å². The van der Waals surface area contributed by atoms with E-state index >= 15 is 0 Å². The molecule has 0 radical (unpaired) electrons. The number of carboxylic acids is 1. The molecule has 3 rings (SSSR count). The maximum absolute atomic E-state index is 10.5. The highest BCUT2D eigenvalue weighted by molar-refractivity contribution is 5.69. The van der Waals surface area contributed by atoms with Crippen LogP contribution in [-0.4, -0.2) is 28.0 Å². The molecule has 2 heterocycles. The number of benzene rings is 1. The van der Waals surface area contributed by atoms with Crippen LogP contribution in [0.3, 0.4) is 0 Å². The van der Waals surface area contributed by atoms with E-state index in [1.165, 1.54) is 0 Å². The molecule has 18 heavy (non-hydrogen) atoms. The lowest BCUT2D eigenvalue weighted by molar-refractivity contribution is -0.136. The van der Waals surface area contributed by atoms with Crippen LogP contribution in [0.5, 0.6) is 11.5 Å². The number of aromatic nitrogens is 2. The topological polar surface area (TPSA) is 94.7 Å². The summed E-state index contributed by atoms with van der Waals surface area (Å²) in [5, 5.41) is 12.3. The first-order valence-electron chi connectivity index (χ1n) is 5.17. The number of rotatable bonds is 3. The van der Waals surface area contributed by atoms with Gasteiger partial charge in [0.25, 0.3) is 0 Å². The molecule has 1 N–H and O–H groups in total. The maximum atomic E-state index is 10.5. The Hall–Kier alpha value is -2.57. The van der Waals surface area contributed by atoms with Crippen LogP contribution >= 0.6 is 0 Å². The van der Waals surface area contributed by atoms with Gasteiger partial charge in [-0.25, -0.2) is 0 Å². The zero-order valence-electron chi connectivity index (χ0n) is 9.12. The molecule has 7 heteroatoms. The van der Waals surface area contributed by atoms with Gasteiger partial charge in [0.2, 0.25) is 18.5 Å². The molecule has 1 aromatic carbocycles. The number of aliphatic carboxylic acids is 1. The normalized spacial score (nSPS) is 12.7. The second-order valence-corrected chi connectivity index (χ2v) is 3.65. The van der Waals surface area contributed by atoms with Gasteiger partial charge in [-0.05, 0) is 18.2 Å². The van der Waals surface area contributed by atoms with Crippen molar-refractivity contribution in [2.45, 2.75) is 6.42 Å². The second-order valence-electron chi connectivity index (χ2n) is 3.65. The lowest BCUT2D eigenvalue weighted by Crippen LogP contribution is -1.99. The molecule has 0 atom stereocenters. The molecule has 0 bridgehead atoms. The lowest BCUT2D eigenvalue weighted by Gasteiger charge is -1.97. The van der Waals surface area contributed by atoms with Gasteiger partial charge >= 0.3 is 5.97 Å². The zero-order valence-corrected chi connectivity index (χ0v) is 9.12. The smallest absolute Gasteiger partial charge is 0.312 e. The molecule has 0 spiro atoms. The van der Waals surface area contributed by atoms with Gasteiger partial charge in [0, 0.05) is 5.56 Å². The van der Waals surface area contributed by atoms with E-state index in [1.807, 2.05) is 0 Å². The van der Waals surface area contributed by atoms with E-state index in [9.17, 15) is 4.79 Å². The van der Waals surface area contributed by atoms with E-state index in [0.717, 1.165) is 0 Å². The van der Waals surface area contributed by atoms with Gasteiger partial charge in [-0.15, -0.1) is 0 Å². The SMILES string of the molecule is O=C(O)Cc1nc(-c2ccc3c(c2)OCO3)no1. The molecule has 0 fully saturated rings. The van der Waals surface area contributed by atoms with Crippen LogP contribution < -0.4 is 9.47 Å². The average molecular weight is 248 g/mol. The van der Waals surface area contributed by atoms with Crippen LogP contribution in [0.2, 0.25) is 0 Å². The Bertz CT molecular complexity index is 607. The fraction of sp³-hybridized carbons (Fsp3) is 0.182. The average Bonchev–Trinajstić information content (AvgIpc) is 2.95. The number of hydrogen-bond acceptors (Lipinski definition) is 6. The Morgan fingerprint density at radius 3 is 3.00 bits per heavy atom. The maximum Gasteiger partial charge on any atom is 0.312 e. The van der Waals surface area contributed by atoms with Gasteiger partial charge in [0.05, 0.1) is 0 Å². The summed E-state index contributed by atoms with van der Waals surface area (Å²) in [6.45, 7) is 0.190.